The van der Waals surface area contributed by atoms with E-state index in [1.165, 1.54) is 11.3 Å². The molecule has 5 rings (SSSR count). The lowest BCUT2D eigenvalue weighted by atomic mass is 10.1. The predicted octanol–water partition coefficient (Wildman–Crippen LogP) is 4.62. The van der Waals surface area contributed by atoms with Gasteiger partial charge in [-0.2, -0.15) is 0 Å². The maximum Gasteiger partial charge on any atom is 0.338 e. The number of rotatable bonds is 6. The summed E-state index contributed by atoms with van der Waals surface area (Å²) >= 11 is 1.46. The minimum absolute atomic E-state index is 0.0426. The van der Waals surface area contributed by atoms with Crippen LogP contribution in [0.1, 0.15) is 41.1 Å². The highest BCUT2D eigenvalue weighted by atomic mass is 32.1. The third kappa shape index (κ3) is 4.64. The van der Waals surface area contributed by atoms with Crippen molar-refractivity contribution in [3.63, 3.8) is 0 Å². The van der Waals surface area contributed by atoms with E-state index in [9.17, 15) is 9.59 Å². The van der Waals surface area contributed by atoms with Crippen molar-refractivity contribution in [2.45, 2.75) is 38.8 Å². The molecule has 0 radical (unpaired) electrons. The number of ether oxygens (including phenoxy) is 3. The van der Waals surface area contributed by atoms with Crippen LogP contribution in [0.25, 0.3) is 21.5 Å². The van der Waals surface area contributed by atoms with Crippen LogP contribution in [0.3, 0.4) is 0 Å². The minimum atomic E-state index is -0.482. The van der Waals surface area contributed by atoms with Gasteiger partial charge in [-0.05, 0) is 49.2 Å². The largest absolute Gasteiger partial charge is 0.493 e. The molecule has 2 aromatic carbocycles. The van der Waals surface area contributed by atoms with Crippen molar-refractivity contribution in [3.05, 3.63) is 69.2 Å². The third-order valence-electron chi connectivity index (χ3n) is 6.09. The van der Waals surface area contributed by atoms with Gasteiger partial charge in [-0.1, -0.05) is 6.42 Å². The summed E-state index contributed by atoms with van der Waals surface area (Å²) in [6.07, 6.45) is 3.85. The van der Waals surface area contributed by atoms with E-state index in [1.54, 1.807) is 37.0 Å². The highest BCUT2D eigenvalue weighted by Gasteiger charge is 2.17. The van der Waals surface area contributed by atoms with Crippen molar-refractivity contribution in [3.8, 4) is 22.1 Å². The van der Waals surface area contributed by atoms with Crippen LogP contribution in [0, 0.1) is 0 Å². The summed E-state index contributed by atoms with van der Waals surface area (Å²) in [5.41, 5.74) is 2.38. The van der Waals surface area contributed by atoms with E-state index in [-0.39, 0.29) is 12.2 Å². The number of carbonyl (C=O) groups is 1. The van der Waals surface area contributed by atoms with E-state index in [4.69, 9.17) is 14.2 Å². The zero-order chi connectivity index (χ0) is 24.4. The zero-order valence-electron chi connectivity index (χ0n) is 19.6. The summed E-state index contributed by atoms with van der Waals surface area (Å²) in [6.45, 7) is 0.737. The van der Waals surface area contributed by atoms with Gasteiger partial charge >= 0.3 is 5.97 Å². The second kappa shape index (κ2) is 9.87. The van der Waals surface area contributed by atoms with Gasteiger partial charge in [0, 0.05) is 23.9 Å². The minimum Gasteiger partial charge on any atom is -0.493 e. The SMILES string of the molecule is COc1ccc(-c2nc(COC(=O)c3ccc4c(=O)n5c(nc4c3)CCCCC5)cs2)cc1OC. The Labute approximate surface area is 206 Å². The molecule has 0 unspecified atom stereocenters. The lowest BCUT2D eigenvalue weighted by Crippen LogP contribution is -2.24. The van der Waals surface area contributed by atoms with Crippen LogP contribution in [-0.2, 0) is 24.3 Å². The molecule has 35 heavy (non-hydrogen) atoms. The highest BCUT2D eigenvalue weighted by Crippen LogP contribution is 2.33. The summed E-state index contributed by atoms with van der Waals surface area (Å²) in [5.74, 6) is 1.57. The van der Waals surface area contributed by atoms with Crippen molar-refractivity contribution in [1.29, 1.82) is 0 Å². The Bertz CT molecular complexity index is 1460. The first kappa shape index (κ1) is 23.0. The van der Waals surface area contributed by atoms with Gasteiger partial charge in [0.15, 0.2) is 11.5 Å². The van der Waals surface area contributed by atoms with E-state index in [0.29, 0.717) is 40.2 Å². The summed E-state index contributed by atoms with van der Waals surface area (Å²) in [5, 5.41) is 3.16. The number of carbonyl (C=O) groups excluding carboxylic acids is 1. The van der Waals surface area contributed by atoms with E-state index in [0.717, 1.165) is 42.1 Å². The molecule has 0 spiro atoms. The summed E-state index contributed by atoms with van der Waals surface area (Å²) < 4.78 is 17.9. The Kier molecular flexibility index (Phi) is 6.50. The lowest BCUT2D eigenvalue weighted by molar-refractivity contribution is 0.0468. The molecule has 0 amide bonds. The molecule has 0 aliphatic carbocycles. The van der Waals surface area contributed by atoms with Gasteiger partial charge in [-0.15, -0.1) is 11.3 Å². The number of hydrogen-bond acceptors (Lipinski definition) is 8. The van der Waals surface area contributed by atoms with Crippen LogP contribution in [-0.4, -0.2) is 34.7 Å². The topological polar surface area (TPSA) is 92.5 Å². The second-order valence-electron chi connectivity index (χ2n) is 8.32. The van der Waals surface area contributed by atoms with Crippen molar-refractivity contribution in [1.82, 2.24) is 14.5 Å². The normalized spacial score (nSPS) is 13.2. The highest BCUT2D eigenvalue weighted by molar-refractivity contribution is 7.13. The molecule has 4 aromatic rings. The predicted molar refractivity (Wildman–Crippen MR) is 133 cm³/mol. The van der Waals surface area contributed by atoms with Gasteiger partial charge in [0.25, 0.3) is 5.56 Å². The standard InChI is InChI=1S/C26H25N3O5S/c1-32-21-10-8-16(13-22(21)33-2)24-27-18(15-35-24)14-34-26(31)17-7-9-19-20(12-17)28-23-6-4-3-5-11-29(23)25(19)30/h7-10,12-13,15H,3-6,11,14H2,1-2H3. The van der Waals surface area contributed by atoms with Crippen LogP contribution < -0.4 is 15.0 Å². The van der Waals surface area contributed by atoms with Gasteiger partial charge in [0.2, 0.25) is 0 Å². The second-order valence-corrected chi connectivity index (χ2v) is 9.18. The van der Waals surface area contributed by atoms with Crippen LogP contribution in [0.4, 0.5) is 0 Å². The van der Waals surface area contributed by atoms with Crippen LogP contribution in [0.5, 0.6) is 11.5 Å². The van der Waals surface area contributed by atoms with E-state index in [1.807, 2.05) is 23.6 Å². The maximum absolute atomic E-state index is 12.9. The smallest absolute Gasteiger partial charge is 0.338 e. The average molecular weight is 492 g/mol. The molecule has 0 N–H and O–H groups in total. The first-order chi connectivity index (χ1) is 17.1. The molecule has 1 aliphatic heterocycles. The van der Waals surface area contributed by atoms with Crippen LogP contribution in [0.15, 0.2) is 46.6 Å². The molecule has 3 heterocycles. The molecule has 0 saturated carbocycles. The van der Waals surface area contributed by atoms with Crippen molar-refractivity contribution < 1.29 is 19.0 Å². The zero-order valence-corrected chi connectivity index (χ0v) is 20.4. The fourth-order valence-corrected chi connectivity index (χ4v) is 5.04. The Balaban J connectivity index is 1.31. The summed E-state index contributed by atoms with van der Waals surface area (Å²) in [7, 11) is 3.18. The number of methoxy groups -OCH3 is 2. The third-order valence-corrected chi connectivity index (χ3v) is 7.03. The maximum atomic E-state index is 12.9. The van der Waals surface area contributed by atoms with Crippen LogP contribution >= 0.6 is 11.3 Å². The molecule has 1 aliphatic rings. The summed E-state index contributed by atoms with van der Waals surface area (Å²) in [6, 6.07) is 10.5. The molecule has 0 atom stereocenters. The molecule has 2 aromatic heterocycles. The fourth-order valence-electron chi connectivity index (χ4n) is 4.24. The number of aryl methyl sites for hydroxylation is 1. The monoisotopic (exact) mass is 491 g/mol. The number of esters is 1. The molecule has 9 heteroatoms. The van der Waals surface area contributed by atoms with E-state index in [2.05, 4.69) is 9.97 Å². The Morgan fingerprint density at radius 3 is 2.71 bits per heavy atom. The van der Waals surface area contributed by atoms with Crippen LogP contribution in [0.2, 0.25) is 0 Å². The van der Waals surface area contributed by atoms with Gasteiger partial charge in [0.05, 0.1) is 36.4 Å². The van der Waals surface area contributed by atoms with Gasteiger partial charge in [-0.3, -0.25) is 9.36 Å². The molecule has 0 bridgehead atoms. The lowest BCUT2D eigenvalue weighted by Gasteiger charge is -2.10. The Morgan fingerprint density at radius 1 is 1.03 bits per heavy atom. The van der Waals surface area contributed by atoms with E-state index >= 15 is 0 Å². The molecular weight excluding hydrogens is 466 g/mol. The van der Waals surface area contributed by atoms with Gasteiger partial charge in [0.1, 0.15) is 17.4 Å². The molecule has 0 saturated heterocycles. The first-order valence-electron chi connectivity index (χ1n) is 11.4. The number of fused-ring (bicyclic) bond motifs is 2. The Morgan fingerprint density at radius 2 is 1.89 bits per heavy atom. The molecule has 180 valence electrons. The summed E-state index contributed by atoms with van der Waals surface area (Å²) in [4.78, 5) is 34.9. The molecule has 0 fully saturated rings. The number of aromatic nitrogens is 3. The van der Waals surface area contributed by atoms with Crippen molar-refractivity contribution in [2.24, 2.45) is 0 Å². The van der Waals surface area contributed by atoms with Gasteiger partial charge < -0.3 is 14.2 Å². The number of thiazole rings is 1. The number of benzene rings is 2. The van der Waals surface area contributed by atoms with Crippen molar-refractivity contribution >= 4 is 28.2 Å². The number of nitrogens with zero attached hydrogens (tertiary/aromatic N) is 3. The Hall–Kier alpha value is -3.72. The molecule has 8 nitrogen and oxygen atoms in total. The fraction of sp³-hybridized carbons (Fsp3) is 0.308. The number of hydrogen-bond donors (Lipinski definition) is 0. The van der Waals surface area contributed by atoms with Crippen molar-refractivity contribution in [2.75, 3.05) is 14.2 Å². The quantitative estimate of drug-likeness (QED) is 0.363. The van der Waals surface area contributed by atoms with E-state index < -0.39 is 5.97 Å². The molecular formula is C26H25N3O5S. The first-order valence-corrected chi connectivity index (χ1v) is 12.3. The van der Waals surface area contributed by atoms with Gasteiger partial charge in [-0.25, -0.2) is 14.8 Å². The average Bonchev–Trinajstić information content (AvgIpc) is 3.24.